The van der Waals surface area contributed by atoms with E-state index in [4.69, 9.17) is 4.98 Å². The molecule has 41 heavy (non-hydrogen) atoms. The number of aliphatic hydroxyl groups is 1. The summed E-state index contributed by atoms with van der Waals surface area (Å²) < 4.78 is 1.91. The fourth-order valence-electron chi connectivity index (χ4n) is 6.52. The van der Waals surface area contributed by atoms with Crippen LogP contribution in [-0.4, -0.2) is 67.9 Å². The molecule has 2 N–H and O–H groups in total. The Hall–Kier alpha value is -3.56. The highest BCUT2D eigenvalue weighted by atomic mass is 16.3. The van der Waals surface area contributed by atoms with E-state index in [1.165, 1.54) is 18.5 Å². The second-order valence-electron chi connectivity index (χ2n) is 12.5. The van der Waals surface area contributed by atoms with Gasteiger partial charge in [-0.05, 0) is 80.5 Å². The molecule has 4 aromatic rings. The summed E-state index contributed by atoms with van der Waals surface area (Å²) >= 11 is 0. The molecule has 3 aromatic heterocycles. The van der Waals surface area contributed by atoms with Crippen LogP contribution in [-0.2, 0) is 6.54 Å². The van der Waals surface area contributed by atoms with E-state index in [1.807, 2.05) is 30.1 Å². The average Bonchev–Trinajstić information content (AvgIpc) is 3.83. The third kappa shape index (κ3) is 5.53. The van der Waals surface area contributed by atoms with Gasteiger partial charge in [-0.3, -0.25) is 19.2 Å². The van der Waals surface area contributed by atoms with Gasteiger partial charge >= 0.3 is 0 Å². The van der Waals surface area contributed by atoms with Gasteiger partial charge in [0.2, 0.25) is 5.95 Å². The molecule has 0 amide bonds. The number of rotatable bonds is 7. The lowest BCUT2D eigenvalue weighted by atomic mass is 9.83. The third-order valence-corrected chi connectivity index (χ3v) is 9.27. The van der Waals surface area contributed by atoms with Crippen LogP contribution in [0.5, 0.6) is 0 Å². The predicted octanol–water partition coefficient (Wildman–Crippen LogP) is 4.35. The fourth-order valence-corrected chi connectivity index (χ4v) is 6.52. The Morgan fingerprint density at radius 1 is 0.976 bits per heavy atom. The summed E-state index contributed by atoms with van der Waals surface area (Å²) in [6.45, 7) is 7.45. The average molecular weight is 554 g/mol. The molecule has 1 saturated heterocycles. The van der Waals surface area contributed by atoms with Gasteiger partial charge in [0.25, 0.3) is 5.56 Å². The molecule has 3 aliphatic rings. The first-order valence-electron chi connectivity index (χ1n) is 15.1. The number of nitrogens with zero attached hydrogens (tertiary/aromatic N) is 6. The van der Waals surface area contributed by atoms with E-state index in [0.717, 1.165) is 73.8 Å². The van der Waals surface area contributed by atoms with E-state index in [1.54, 1.807) is 0 Å². The van der Waals surface area contributed by atoms with Crippen LogP contribution in [0.2, 0.25) is 0 Å². The second-order valence-corrected chi connectivity index (χ2v) is 12.5. The summed E-state index contributed by atoms with van der Waals surface area (Å²) in [7, 11) is 0. The normalized spacial score (nSPS) is 23.8. The van der Waals surface area contributed by atoms with Gasteiger partial charge in [-0.2, -0.15) is 4.98 Å². The molecule has 4 heterocycles. The highest BCUT2D eigenvalue weighted by Gasteiger charge is 2.31. The monoisotopic (exact) mass is 553 g/mol. The summed E-state index contributed by atoms with van der Waals surface area (Å²) in [5, 5.41) is 16.5. The van der Waals surface area contributed by atoms with Crippen LogP contribution in [0.25, 0.3) is 21.8 Å². The molecule has 0 bridgehead atoms. The Balaban J connectivity index is 1.20. The zero-order valence-electron chi connectivity index (χ0n) is 23.8. The minimum Gasteiger partial charge on any atom is -0.390 e. The van der Waals surface area contributed by atoms with Crippen molar-refractivity contribution in [3.63, 3.8) is 0 Å². The van der Waals surface area contributed by atoms with Crippen molar-refractivity contribution in [2.45, 2.75) is 63.6 Å². The van der Waals surface area contributed by atoms with Crippen LogP contribution >= 0.6 is 0 Å². The first-order valence-corrected chi connectivity index (χ1v) is 15.1. The van der Waals surface area contributed by atoms with Crippen molar-refractivity contribution >= 4 is 33.4 Å². The number of fused-ring (bicyclic) bond motifs is 3. The van der Waals surface area contributed by atoms with Crippen LogP contribution in [0.15, 0.2) is 53.7 Å². The van der Waals surface area contributed by atoms with E-state index in [0.29, 0.717) is 30.4 Å². The Morgan fingerprint density at radius 2 is 1.73 bits per heavy atom. The number of hydrogen-bond acceptors (Lipinski definition) is 8. The summed E-state index contributed by atoms with van der Waals surface area (Å²) in [4.78, 5) is 32.8. The largest absolute Gasteiger partial charge is 0.390 e. The second kappa shape index (κ2) is 10.7. The lowest BCUT2D eigenvalue weighted by Gasteiger charge is -2.36. The van der Waals surface area contributed by atoms with E-state index in [9.17, 15) is 9.90 Å². The van der Waals surface area contributed by atoms with Gasteiger partial charge in [0, 0.05) is 80.4 Å². The topological polar surface area (TPSA) is 99.4 Å². The van der Waals surface area contributed by atoms with Gasteiger partial charge < -0.3 is 15.3 Å². The molecule has 1 aliphatic heterocycles. The van der Waals surface area contributed by atoms with E-state index >= 15 is 0 Å². The zero-order valence-corrected chi connectivity index (χ0v) is 23.8. The molecule has 214 valence electrons. The summed E-state index contributed by atoms with van der Waals surface area (Å²) in [5.41, 5.74) is 2.40. The van der Waals surface area contributed by atoms with Crippen LogP contribution in [0.3, 0.4) is 0 Å². The maximum absolute atomic E-state index is 14.2. The smallest absolute Gasteiger partial charge is 0.260 e. The fraction of sp³-hybridized carbons (Fsp3) is 0.500. The van der Waals surface area contributed by atoms with Gasteiger partial charge in [0.1, 0.15) is 5.65 Å². The van der Waals surface area contributed by atoms with Crippen molar-refractivity contribution < 1.29 is 5.11 Å². The van der Waals surface area contributed by atoms with Crippen molar-refractivity contribution in [3.8, 4) is 0 Å². The van der Waals surface area contributed by atoms with E-state index in [2.05, 4.69) is 55.4 Å². The molecular weight excluding hydrogens is 514 g/mol. The molecule has 7 rings (SSSR count). The third-order valence-electron chi connectivity index (χ3n) is 9.27. The summed E-state index contributed by atoms with van der Waals surface area (Å²) in [5.74, 6) is 1.29. The quantitative estimate of drug-likeness (QED) is 0.326. The maximum Gasteiger partial charge on any atom is 0.260 e. The number of nitrogens with one attached hydrogen (secondary N) is 1. The molecule has 0 spiro atoms. The molecule has 2 saturated carbocycles. The van der Waals surface area contributed by atoms with Gasteiger partial charge in [0.05, 0.1) is 5.60 Å². The number of piperazine rings is 1. The van der Waals surface area contributed by atoms with Crippen molar-refractivity contribution in [2.24, 2.45) is 5.92 Å². The van der Waals surface area contributed by atoms with E-state index < -0.39 is 5.60 Å². The van der Waals surface area contributed by atoms with Crippen LogP contribution in [0, 0.1) is 5.92 Å². The van der Waals surface area contributed by atoms with Crippen LogP contribution < -0.4 is 15.8 Å². The first kappa shape index (κ1) is 26.3. The lowest BCUT2D eigenvalue weighted by molar-refractivity contribution is 0.0100. The number of hydrogen-bond donors (Lipinski definition) is 2. The summed E-state index contributed by atoms with van der Waals surface area (Å²) in [6.07, 6.45) is 10.9. The molecule has 2 aliphatic carbocycles. The Bertz CT molecular complexity index is 1600. The van der Waals surface area contributed by atoms with Crippen molar-refractivity contribution in [1.29, 1.82) is 0 Å². The SMILES string of the molecule is C[C@]1(O)CC[C@H](n2c(=O)c3cc(CN4CCN(c5ccncc5)CC4)ccc3c3cnc(NCC4CC4)nc32)CC1. The highest BCUT2D eigenvalue weighted by molar-refractivity contribution is 6.04. The Morgan fingerprint density at radius 3 is 2.46 bits per heavy atom. The Labute approximate surface area is 240 Å². The molecule has 0 unspecified atom stereocenters. The molecule has 0 radical (unpaired) electrons. The highest BCUT2D eigenvalue weighted by Crippen LogP contribution is 2.36. The minimum atomic E-state index is -0.673. The van der Waals surface area contributed by atoms with Gasteiger partial charge in [-0.25, -0.2) is 4.98 Å². The summed E-state index contributed by atoms with van der Waals surface area (Å²) in [6, 6.07) is 10.5. The van der Waals surface area contributed by atoms with Gasteiger partial charge in [-0.1, -0.05) is 12.1 Å². The molecule has 0 atom stereocenters. The number of pyridine rings is 2. The molecule has 9 nitrogen and oxygen atoms in total. The number of anilines is 2. The minimum absolute atomic E-state index is 0.00530. The Kier molecular flexibility index (Phi) is 6.87. The molecule has 3 fully saturated rings. The van der Waals surface area contributed by atoms with Crippen molar-refractivity contribution in [3.05, 3.63) is 64.8 Å². The molecule has 9 heteroatoms. The van der Waals surface area contributed by atoms with E-state index in [-0.39, 0.29) is 11.6 Å². The standard InChI is InChI=1S/C32H39N7O2/c1-32(41)10-6-25(7-11-32)39-29-28(20-35-31(36-29)34-19-22-2-3-22)26-5-4-23(18-27(26)30(39)40)21-37-14-16-38(17-15-37)24-8-12-33-13-9-24/h4-5,8-9,12-13,18,20,22,25,41H,2-3,6-7,10-11,14-17,19,21H2,1H3,(H,34,35,36)/t25-,32-. The number of benzene rings is 1. The predicted molar refractivity (Wildman–Crippen MR) is 162 cm³/mol. The van der Waals surface area contributed by atoms with Gasteiger partial charge in [-0.15, -0.1) is 0 Å². The van der Waals surface area contributed by atoms with Crippen LogP contribution in [0.1, 0.15) is 57.1 Å². The lowest BCUT2D eigenvalue weighted by Crippen LogP contribution is -2.45. The molecule has 1 aromatic carbocycles. The zero-order chi connectivity index (χ0) is 28.0. The van der Waals surface area contributed by atoms with Crippen molar-refractivity contribution in [2.75, 3.05) is 42.9 Å². The maximum atomic E-state index is 14.2. The first-order chi connectivity index (χ1) is 19.9. The van der Waals surface area contributed by atoms with Crippen molar-refractivity contribution in [1.82, 2.24) is 24.4 Å². The number of aromatic nitrogens is 4. The molecular formula is C32H39N7O2. The van der Waals surface area contributed by atoms with Gasteiger partial charge in [0.15, 0.2) is 0 Å². The van der Waals surface area contributed by atoms with Crippen LogP contribution in [0.4, 0.5) is 11.6 Å².